The highest BCUT2D eigenvalue weighted by molar-refractivity contribution is 7.99. The van der Waals surface area contributed by atoms with Crippen LogP contribution >= 0.6 is 11.8 Å². The molecule has 3 aromatic heterocycles. The fraction of sp³-hybridized carbons (Fsp3) is 0.381. The van der Waals surface area contributed by atoms with Gasteiger partial charge in [0.05, 0.1) is 16.7 Å². The molecule has 1 fully saturated rings. The van der Waals surface area contributed by atoms with Gasteiger partial charge in [-0.25, -0.2) is 13.4 Å². The van der Waals surface area contributed by atoms with E-state index in [1.54, 1.807) is 40.9 Å². The van der Waals surface area contributed by atoms with Crippen LogP contribution in [0.2, 0.25) is 0 Å². The van der Waals surface area contributed by atoms with Crippen molar-refractivity contribution in [2.75, 3.05) is 13.1 Å². The highest BCUT2D eigenvalue weighted by Crippen LogP contribution is 2.36. The van der Waals surface area contributed by atoms with Crippen molar-refractivity contribution in [2.45, 2.75) is 47.9 Å². The Bertz CT molecular complexity index is 1210. The van der Waals surface area contributed by atoms with Gasteiger partial charge in [0.15, 0.2) is 0 Å². The first-order valence-electron chi connectivity index (χ1n) is 10.0. The molecule has 0 amide bonds. The first-order valence-corrected chi connectivity index (χ1v) is 12.3. The highest BCUT2D eigenvalue weighted by Gasteiger charge is 2.34. The Balaban J connectivity index is 1.57. The zero-order chi connectivity index (χ0) is 22.2. The molecule has 1 unspecified atom stereocenters. The molecule has 0 spiro atoms. The number of carboxylic acid groups (broad SMARTS) is 1. The monoisotopic (exact) mass is 460 g/mol. The second kappa shape index (κ2) is 8.60. The summed E-state index contributed by atoms with van der Waals surface area (Å²) >= 11 is 1.59. The summed E-state index contributed by atoms with van der Waals surface area (Å²) in [4.78, 5) is 19.8. The van der Waals surface area contributed by atoms with Crippen molar-refractivity contribution in [3.63, 3.8) is 0 Å². The van der Waals surface area contributed by atoms with E-state index < -0.39 is 16.0 Å². The van der Waals surface area contributed by atoms with Gasteiger partial charge in [-0.2, -0.15) is 4.31 Å². The molecule has 8 nitrogen and oxygen atoms in total. The Morgan fingerprint density at radius 2 is 2.10 bits per heavy atom. The number of rotatable bonds is 7. The number of pyridine rings is 2. The Morgan fingerprint density at radius 3 is 2.77 bits per heavy atom. The second-order valence-electron chi connectivity index (χ2n) is 7.85. The van der Waals surface area contributed by atoms with Crippen molar-refractivity contribution in [1.29, 1.82) is 0 Å². The minimum atomic E-state index is -3.64. The smallest absolute Gasteiger partial charge is 0.323 e. The van der Waals surface area contributed by atoms with Gasteiger partial charge in [0.2, 0.25) is 10.0 Å². The number of nitrogens with zero attached hydrogens (tertiary/aromatic N) is 4. The van der Waals surface area contributed by atoms with E-state index in [0.29, 0.717) is 24.8 Å². The van der Waals surface area contributed by atoms with E-state index in [-0.39, 0.29) is 17.4 Å². The van der Waals surface area contributed by atoms with Crippen molar-refractivity contribution < 1.29 is 18.3 Å². The van der Waals surface area contributed by atoms with Crippen molar-refractivity contribution in [3.8, 4) is 0 Å². The van der Waals surface area contributed by atoms with Crippen molar-refractivity contribution in [2.24, 2.45) is 0 Å². The van der Waals surface area contributed by atoms with Crippen LogP contribution in [0.4, 0.5) is 0 Å². The van der Waals surface area contributed by atoms with Gasteiger partial charge in [-0.15, -0.1) is 11.8 Å². The van der Waals surface area contributed by atoms with E-state index >= 15 is 0 Å². The van der Waals surface area contributed by atoms with Gasteiger partial charge in [-0.05, 0) is 30.2 Å². The number of hydrogen-bond donors (Lipinski definition) is 1. The first-order chi connectivity index (χ1) is 14.8. The molecular formula is C21H24N4O4S2. The summed E-state index contributed by atoms with van der Waals surface area (Å²) in [5.74, 6) is -0.951. The zero-order valence-electron chi connectivity index (χ0n) is 17.3. The third kappa shape index (κ3) is 4.46. The SMILES string of the molecule is CC(C)Sc1ccc(S(=O)(=O)N2CCC(c3cn(CC(=O)O)c4cnccc34)C2)cn1. The van der Waals surface area contributed by atoms with Gasteiger partial charge in [-0.3, -0.25) is 9.78 Å². The van der Waals surface area contributed by atoms with Crippen LogP contribution < -0.4 is 0 Å². The Kier molecular flexibility index (Phi) is 6.05. The first kappa shape index (κ1) is 21.8. The van der Waals surface area contributed by atoms with Crippen molar-refractivity contribution >= 4 is 38.7 Å². The van der Waals surface area contributed by atoms with Gasteiger partial charge in [0, 0.05) is 48.2 Å². The molecule has 0 aromatic carbocycles. The van der Waals surface area contributed by atoms with Gasteiger partial charge < -0.3 is 9.67 Å². The summed E-state index contributed by atoms with van der Waals surface area (Å²) < 4.78 is 29.4. The summed E-state index contributed by atoms with van der Waals surface area (Å²) in [7, 11) is -3.64. The molecule has 1 saturated heterocycles. The quantitative estimate of drug-likeness (QED) is 0.540. The Hall–Kier alpha value is -2.43. The molecule has 1 atom stereocenters. The third-order valence-electron chi connectivity index (χ3n) is 5.32. The molecule has 0 radical (unpaired) electrons. The van der Waals surface area contributed by atoms with Crippen LogP contribution in [0.15, 0.2) is 52.9 Å². The topological polar surface area (TPSA) is 105 Å². The van der Waals surface area contributed by atoms with Gasteiger partial charge in [-0.1, -0.05) is 13.8 Å². The fourth-order valence-electron chi connectivity index (χ4n) is 3.95. The summed E-state index contributed by atoms with van der Waals surface area (Å²) in [6.07, 6.45) is 7.23. The lowest BCUT2D eigenvalue weighted by Gasteiger charge is -2.16. The van der Waals surface area contributed by atoms with Crippen molar-refractivity contribution in [1.82, 2.24) is 18.8 Å². The van der Waals surface area contributed by atoms with Crippen molar-refractivity contribution in [3.05, 3.63) is 48.5 Å². The van der Waals surface area contributed by atoms with E-state index in [9.17, 15) is 18.3 Å². The minimum absolute atomic E-state index is 0.0153. The average molecular weight is 461 g/mol. The minimum Gasteiger partial charge on any atom is -0.480 e. The van der Waals surface area contributed by atoms with Crippen LogP contribution in [0, 0.1) is 0 Å². The molecule has 4 heterocycles. The van der Waals surface area contributed by atoms with E-state index in [0.717, 1.165) is 21.5 Å². The predicted molar refractivity (Wildman–Crippen MR) is 119 cm³/mol. The highest BCUT2D eigenvalue weighted by atomic mass is 32.2. The summed E-state index contributed by atoms with van der Waals surface area (Å²) in [5, 5.41) is 11.3. The molecule has 31 heavy (non-hydrogen) atoms. The number of carboxylic acids is 1. The molecule has 1 aliphatic rings. The summed E-state index contributed by atoms with van der Waals surface area (Å²) in [6, 6.07) is 5.22. The molecule has 0 saturated carbocycles. The molecule has 1 N–H and O–H groups in total. The molecule has 1 aliphatic heterocycles. The number of hydrogen-bond acceptors (Lipinski definition) is 6. The molecule has 164 valence electrons. The molecule has 4 rings (SSSR count). The van der Waals surface area contributed by atoms with Gasteiger partial charge in [0.1, 0.15) is 11.4 Å². The molecule has 10 heteroatoms. The predicted octanol–water partition coefficient (Wildman–Crippen LogP) is 3.19. The lowest BCUT2D eigenvalue weighted by atomic mass is 9.98. The number of carbonyl (C=O) groups is 1. The number of fused-ring (bicyclic) bond motifs is 1. The van der Waals surface area contributed by atoms with Crippen LogP contribution in [0.3, 0.4) is 0 Å². The lowest BCUT2D eigenvalue weighted by Crippen LogP contribution is -2.28. The average Bonchev–Trinajstić information content (AvgIpc) is 3.34. The van der Waals surface area contributed by atoms with E-state index in [1.807, 2.05) is 12.3 Å². The van der Waals surface area contributed by atoms with Gasteiger partial charge >= 0.3 is 5.97 Å². The van der Waals surface area contributed by atoms with E-state index in [1.165, 1.54) is 10.5 Å². The standard InChI is InChI=1S/C21H24N4O4S2/c1-14(2)30-20-4-3-16(9-23-20)31(28,29)25-8-6-15(11-25)18-12-24(13-21(26)27)19-10-22-7-5-17(18)19/h3-5,7,9-10,12,14-15H,6,8,11,13H2,1-2H3,(H,26,27). The summed E-state index contributed by atoms with van der Waals surface area (Å²) in [6.45, 7) is 4.71. The molecule has 0 aliphatic carbocycles. The van der Waals surface area contributed by atoms with Crippen LogP contribution in [-0.2, 0) is 21.4 Å². The zero-order valence-corrected chi connectivity index (χ0v) is 18.9. The van der Waals surface area contributed by atoms with E-state index in [2.05, 4.69) is 23.8 Å². The summed E-state index contributed by atoms with van der Waals surface area (Å²) in [5.41, 5.74) is 1.70. The number of thioether (sulfide) groups is 1. The maximum absolute atomic E-state index is 13.1. The second-order valence-corrected chi connectivity index (χ2v) is 11.4. The van der Waals surface area contributed by atoms with Crippen LogP contribution in [0.1, 0.15) is 31.7 Å². The Morgan fingerprint density at radius 1 is 1.29 bits per heavy atom. The van der Waals surface area contributed by atoms with Crippen LogP contribution in [0.5, 0.6) is 0 Å². The lowest BCUT2D eigenvalue weighted by molar-refractivity contribution is -0.137. The maximum Gasteiger partial charge on any atom is 0.323 e. The fourth-order valence-corrected chi connectivity index (χ4v) is 6.14. The molecule has 3 aromatic rings. The van der Waals surface area contributed by atoms with Crippen LogP contribution in [-0.4, -0.2) is 56.7 Å². The van der Waals surface area contributed by atoms with E-state index in [4.69, 9.17) is 0 Å². The molecule has 0 bridgehead atoms. The van der Waals surface area contributed by atoms with Crippen LogP contribution in [0.25, 0.3) is 10.9 Å². The number of sulfonamides is 1. The number of aliphatic carboxylic acids is 1. The van der Waals surface area contributed by atoms with Gasteiger partial charge in [0.25, 0.3) is 0 Å². The molecular weight excluding hydrogens is 436 g/mol. The maximum atomic E-state index is 13.1. The largest absolute Gasteiger partial charge is 0.480 e. The third-order valence-corrected chi connectivity index (χ3v) is 8.12. The normalized spacial score (nSPS) is 17.6. The number of aromatic nitrogens is 3. The Labute approximate surface area is 185 Å².